The molecule has 1 aliphatic rings. The third-order valence-corrected chi connectivity index (χ3v) is 11.3. The molecular weight excluding hydrogens is 747 g/mol. The average molecular weight is 795 g/mol. The van der Waals surface area contributed by atoms with Gasteiger partial charge in [0.15, 0.2) is 6.20 Å². The summed E-state index contributed by atoms with van der Waals surface area (Å²) in [6, 6.07) is 44.1. The molecule has 296 valence electrons. The van der Waals surface area contributed by atoms with Crippen LogP contribution in [0.5, 0.6) is 11.5 Å². The van der Waals surface area contributed by atoms with Gasteiger partial charge in [-0.1, -0.05) is 103 Å². The summed E-state index contributed by atoms with van der Waals surface area (Å²) < 4.78 is 25.3. The second-order valence-electron chi connectivity index (χ2n) is 13.8. The lowest BCUT2D eigenvalue weighted by Gasteiger charge is -2.36. The molecule has 10 heteroatoms. The number of rotatable bonds is 16. The number of aryl methyl sites for hydroxylation is 1. The van der Waals surface area contributed by atoms with Gasteiger partial charge in [0, 0.05) is 30.1 Å². The highest BCUT2D eigenvalue weighted by atomic mass is 32.2. The summed E-state index contributed by atoms with van der Waals surface area (Å²) in [4.78, 5) is 16.3. The average Bonchev–Trinajstić information content (AvgIpc) is 3.63. The molecule has 0 bridgehead atoms. The largest absolute Gasteiger partial charge is 0.497 e. The Balaban J connectivity index is 0.964. The number of thioether (sulfide) groups is 1. The van der Waals surface area contributed by atoms with Gasteiger partial charge in [0.25, 0.3) is 0 Å². The van der Waals surface area contributed by atoms with E-state index in [1.54, 1.807) is 26.0 Å². The van der Waals surface area contributed by atoms with Crippen LogP contribution in [0, 0.1) is 0 Å². The van der Waals surface area contributed by atoms with E-state index in [4.69, 9.17) is 18.9 Å². The number of hydrogen-bond donors (Lipinski definition) is 2. The molecule has 0 fully saturated rings. The number of nitrogens with one attached hydrogen (secondary N) is 1. The smallest absolute Gasteiger partial charge is 0.407 e. The lowest BCUT2D eigenvalue weighted by Crippen LogP contribution is -2.40. The van der Waals surface area contributed by atoms with Gasteiger partial charge in [-0.05, 0) is 77.2 Å². The highest BCUT2D eigenvalue weighted by Gasteiger charge is 2.38. The van der Waals surface area contributed by atoms with Crippen molar-refractivity contribution in [2.75, 3.05) is 45.4 Å². The summed E-state index contributed by atoms with van der Waals surface area (Å²) >= 11 is 1.73. The van der Waals surface area contributed by atoms with Crippen LogP contribution in [0.1, 0.15) is 28.7 Å². The Labute approximate surface area is 344 Å². The van der Waals surface area contributed by atoms with Crippen LogP contribution >= 0.6 is 11.8 Å². The van der Waals surface area contributed by atoms with Crippen LogP contribution in [0.2, 0.25) is 0 Å². The molecule has 2 N–H and O–H groups in total. The predicted molar refractivity (Wildman–Crippen MR) is 230 cm³/mol. The molecule has 0 saturated heterocycles. The van der Waals surface area contributed by atoms with Crippen LogP contribution in [0.3, 0.4) is 0 Å². The van der Waals surface area contributed by atoms with Crippen LogP contribution < -0.4 is 24.3 Å². The zero-order valence-corrected chi connectivity index (χ0v) is 33.7. The minimum Gasteiger partial charge on any atom is -0.497 e. The first-order valence-electron chi connectivity index (χ1n) is 19.3. The number of anilines is 1. The Morgan fingerprint density at radius 3 is 2.17 bits per heavy atom. The number of carbonyl (C=O) groups excluding carboxylic acids is 1. The number of ether oxygens (including phenoxy) is 4. The number of methoxy groups -OCH3 is 2. The van der Waals surface area contributed by atoms with Crippen molar-refractivity contribution in [3.8, 4) is 11.5 Å². The Hall–Kier alpha value is -6.07. The van der Waals surface area contributed by atoms with Crippen molar-refractivity contribution in [1.29, 1.82) is 0 Å². The van der Waals surface area contributed by atoms with Gasteiger partial charge < -0.3 is 34.3 Å². The SMILES string of the molecule is COc1ccc(C(OC[C@@H](O)CNC(=O)OCCCN2/C(=C/C=C/c3cc[n+](C)c4ccccc34)Sc3ccccc32)(c2ccccc2)c2ccc(OC)cc2)cc1. The number of alkyl carbamates (subject to hydrolysis) is 1. The number of benzene rings is 5. The third kappa shape index (κ3) is 9.05. The van der Waals surface area contributed by atoms with Crippen molar-refractivity contribution >= 4 is 40.5 Å². The number of fused-ring (bicyclic) bond motifs is 2. The van der Waals surface area contributed by atoms with E-state index in [1.807, 2.05) is 91.0 Å². The molecule has 0 spiro atoms. The quantitative estimate of drug-likeness (QED) is 0.0572. The molecule has 1 aromatic heterocycles. The highest BCUT2D eigenvalue weighted by Crippen LogP contribution is 2.46. The monoisotopic (exact) mass is 794 g/mol. The van der Waals surface area contributed by atoms with E-state index in [2.05, 4.69) is 88.7 Å². The van der Waals surface area contributed by atoms with Crippen LogP contribution in [0.4, 0.5) is 10.5 Å². The van der Waals surface area contributed by atoms with Gasteiger partial charge in [-0.15, -0.1) is 0 Å². The summed E-state index contributed by atoms with van der Waals surface area (Å²) in [5.41, 5.74) is 4.93. The van der Waals surface area contributed by atoms with E-state index in [0.717, 1.165) is 33.0 Å². The molecule has 7 rings (SSSR count). The summed E-state index contributed by atoms with van der Waals surface area (Å²) in [5.74, 6) is 1.42. The number of para-hydroxylation sites is 2. The minimum atomic E-state index is -1.09. The molecule has 0 aliphatic carbocycles. The highest BCUT2D eigenvalue weighted by molar-refractivity contribution is 8.03. The lowest BCUT2D eigenvalue weighted by molar-refractivity contribution is -0.644. The number of pyridine rings is 1. The fourth-order valence-electron chi connectivity index (χ4n) is 7.17. The lowest BCUT2D eigenvalue weighted by atomic mass is 9.80. The number of aliphatic hydroxyl groups excluding tert-OH is 1. The summed E-state index contributed by atoms with van der Waals surface area (Å²) in [6.07, 6.45) is 7.44. The predicted octanol–water partition coefficient (Wildman–Crippen LogP) is 8.63. The Morgan fingerprint density at radius 1 is 0.828 bits per heavy atom. The standard InChI is InChI=1S/C48H47N3O6S/c1-50-31-29-35(42-16-7-8-17-43(42)50)13-11-20-46-51(44-18-9-10-19-45(44)58-46)30-12-32-56-47(53)49-33-39(52)34-57-48(36-14-5-4-6-15-36,37-21-25-40(54-2)26-22-37)38-23-27-41(55-3)28-24-38/h4-11,13-29,31,39,52H,12,30,32-34H2,1-3H3/p+1/t39-/m0/s1. The van der Waals surface area contributed by atoms with Gasteiger partial charge in [-0.3, -0.25) is 0 Å². The molecule has 0 unspecified atom stereocenters. The van der Waals surface area contributed by atoms with Crippen molar-refractivity contribution in [3.05, 3.63) is 179 Å². The number of hydrogen-bond acceptors (Lipinski definition) is 8. The van der Waals surface area contributed by atoms with E-state index in [9.17, 15) is 9.90 Å². The van der Waals surface area contributed by atoms with Crippen molar-refractivity contribution in [2.24, 2.45) is 7.05 Å². The molecule has 1 amide bonds. The van der Waals surface area contributed by atoms with Crippen LogP contribution in [-0.4, -0.2) is 57.8 Å². The molecule has 58 heavy (non-hydrogen) atoms. The van der Waals surface area contributed by atoms with Gasteiger partial charge in [-0.25, -0.2) is 9.36 Å². The van der Waals surface area contributed by atoms with Gasteiger partial charge >= 0.3 is 6.09 Å². The Morgan fingerprint density at radius 2 is 1.47 bits per heavy atom. The number of nitrogens with zero attached hydrogens (tertiary/aromatic N) is 2. The fraction of sp³-hybridized carbons (Fsp3) is 0.208. The van der Waals surface area contributed by atoms with Crippen molar-refractivity contribution in [1.82, 2.24) is 5.32 Å². The van der Waals surface area contributed by atoms with E-state index >= 15 is 0 Å². The second kappa shape index (κ2) is 18.9. The van der Waals surface area contributed by atoms with Crippen molar-refractivity contribution in [3.63, 3.8) is 0 Å². The van der Waals surface area contributed by atoms with E-state index in [1.165, 1.54) is 15.8 Å². The topological polar surface area (TPSA) is 93.4 Å². The molecule has 0 radical (unpaired) electrons. The summed E-state index contributed by atoms with van der Waals surface area (Å²) in [7, 11) is 5.31. The second-order valence-corrected chi connectivity index (χ2v) is 14.9. The molecule has 0 saturated carbocycles. The van der Waals surface area contributed by atoms with Gasteiger partial charge in [-0.2, -0.15) is 0 Å². The zero-order chi connectivity index (χ0) is 40.3. The number of aliphatic hydroxyl groups is 1. The van der Waals surface area contributed by atoms with Crippen molar-refractivity contribution in [2.45, 2.75) is 23.0 Å². The van der Waals surface area contributed by atoms with Crippen molar-refractivity contribution < 1.29 is 33.4 Å². The Kier molecular flexibility index (Phi) is 13.1. The summed E-state index contributed by atoms with van der Waals surface area (Å²) in [5, 5.41) is 16.2. The number of aromatic nitrogens is 1. The van der Waals surface area contributed by atoms with Gasteiger partial charge in [0.2, 0.25) is 5.52 Å². The third-order valence-electron chi connectivity index (χ3n) is 10.1. The van der Waals surface area contributed by atoms with E-state index < -0.39 is 17.8 Å². The molecule has 1 aliphatic heterocycles. The zero-order valence-electron chi connectivity index (χ0n) is 32.9. The van der Waals surface area contributed by atoms with E-state index in [0.29, 0.717) is 24.5 Å². The molecular formula is C48H48N3O6S+. The maximum atomic E-state index is 12.8. The minimum absolute atomic E-state index is 0.0563. The van der Waals surface area contributed by atoms with Crippen LogP contribution in [0.15, 0.2) is 162 Å². The fourth-order valence-corrected chi connectivity index (χ4v) is 8.27. The molecule has 1 atom stereocenters. The van der Waals surface area contributed by atoms with E-state index in [-0.39, 0.29) is 19.8 Å². The maximum absolute atomic E-state index is 12.8. The van der Waals surface area contributed by atoms with Gasteiger partial charge in [0.05, 0.1) is 49.6 Å². The van der Waals surface area contributed by atoms with Crippen LogP contribution in [0.25, 0.3) is 17.0 Å². The maximum Gasteiger partial charge on any atom is 0.407 e. The number of carbonyl (C=O) groups is 1. The summed E-state index contributed by atoms with van der Waals surface area (Å²) in [6.45, 7) is 0.737. The number of amides is 1. The Bertz CT molecular complexity index is 2320. The van der Waals surface area contributed by atoms with Gasteiger partial charge in [0.1, 0.15) is 24.1 Å². The first-order chi connectivity index (χ1) is 28.4. The molecule has 9 nitrogen and oxygen atoms in total. The first kappa shape index (κ1) is 40.1. The first-order valence-corrected chi connectivity index (χ1v) is 20.1. The number of allylic oxidation sites excluding steroid dienone is 2. The normalized spacial score (nSPS) is 13.8. The molecule has 5 aromatic carbocycles. The molecule has 6 aromatic rings. The van der Waals surface area contributed by atoms with Crippen LogP contribution in [-0.2, 0) is 22.1 Å². The molecule has 2 heterocycles.